The fraction of sp³-hybridized carbons (Fsp3) is 0.533. The van der Waals surface area contributed by atoms with E-state index in [4.69, 9.17) is 0 Å². The van der Waals surface area contributed by atoms with Crippen LogP contribution in [0.1, 0.15) is 19.8 Å². The number of benzene rings is 1. The van der Waals surface area contributed by atoms with E-state index in [1.165, 1.54) is 12.1 Å². The summed E-state index contributed by atoms with van der Waals surface area (Å²) in [6.07, 6.45) is -4.90. The Labute approximate surface area is 163 Å². The van der Waals surface area contributed by atoms with E-state index in [1.54, 1.807) is 25.1 Å². The van der Waals surface area contributed by atoms with Crippen molar-refractivity contribution in [3.05, 3.63) is 30.3 Å². The molecule has 0 amide bonds. The second kappa shape index (κ2) is 11.6. The van der Waals surface area contributed by atoms with Crippen molar-refractivity contribution < 1.29 is 21.6 Å². The van der Waals surface area contributed by atoms with Gasteiger partial charge in [-0.25, -0.2) is 8.42 Å². The lowest BCUT2D eigenvalue weighted by Gasteiger charge is -2.12. The molecule has 0 unspecified atom stereocenters. The number of halogens is 4. The highest BCUT2D eigenvalue weighted by Gasteiger charge is 2.26. The number of hydrogen-bond donors (Lipinski definition) is 2. The van der Waals surface area contributed by atoms with Gasteiger partial charge in [-0.05, 0) is 25.5 Å². The maximum atomic E-state index is 12.1. The number of alkyl halides is 3. The van der Waals surface area contributed by atoms with Gasteiger partial charge in [-0.1, -0.05) is 18.2 Å². The van der Waals surface area contributed by atoms with Crippen LogP contribution < -0.4 is 10.6 Å². The summed E-state index contributed by atoms with van der Waals surface area (Å²) in [5.41, 5.74) is 0. The van der Waals surface area contributed by atoms with Crippen LogP contribution in [0.25, 0.3) is 0 Å². The van der Waals surface area contributed by atoms with Gasteiger partial charge in [-0.2, -0.15) is 13.2 Å². The summed E-state index contributed by atoms with van der Waals surface area (Å²) in [4.78, 5) is 4.35. The van der Waals surface area contributed by atoms with Crippen molar-refractivity contribution in [3.8, 4) is 0 Å². The van der Waals surface area contributed by atoms with Crippen molar-refractivity contribution in [3.63, 3.8) is 0 Å². The van der Waals surface area contributed by atoms with Crippen LogP contribution in [-0.4, -0.2) is 45.9 Å². The van der Waals surface area contributed by atoms with Gasteiger partial charge >= 0.3 is 6.18 Å². The second-order valence-corrected chi connectivity index (χ2v) is 7.15. The summed E-state index contributed by atoms with van der Waals surface area (Å²) in [7, 11) is -3.37. The van der Waals surface area contributed by atoms with Gasteiger partial charge < -0.3 is 10.6 Å². The summed E-state index contributed by atoms with van der Waals surface area (Å²) in [6.45, 7) is 2.21. The Kier molecular flexibility index (Phi) is 11.1. The lowest BCUT2D eigenvalue weighted by molar-refractivity contribution is -0.132. The minimum Gasteiger partial charge on any atom is -0.357 e. The number of nitrogens with one attached hydrogen (secondary N) is 2. The molecule has 0 saturated heterocycles. The molecule has 2 N–H and O–H groups in total. The smallest absolute Gasteiger partial charge is 0.357 e. The summed E-state index contributed by atoms with van der Waals surface area (Å²) < 4.78 is 60.5. The molecule has 1 rings (SSSR count). The fourth-order valence-corrected chi connectivity index (χ4v) is 3.17. The molecular weight excluding hydrogens is 470 g/mol. The highest BCUT2D eigenvalue weighted by Crippen LogP contribution is 2.18. The number of guanidine groups is 1. The Morgan fingerprint density at radius 1 is 1.16 bits per heavy atom. The van der Waals surface area contributed by atoms with E-state index in [1.807, 2.05) is 0 Å². The molecule has 0 spiro atoms. The molecule has 25 heavy (non-hydrogen) atoms. The lowest BCUT2D eigenvalue weighted by Crippen LogP contribution is -2.39. The van der Waals surface area contributed by atoms with E-state index in [0.717, 1.165) is 0 Å². The summed E-state index contributed by atoms with van der Waals surface area (Å²) >= 11 is 0. The van der Waals surface area contributed by atoms with Gasteiger partial charge in [0.25, 0.3) is 0 Å². The topological polar surface area (TPSA) is 70.6 Å². The summed E-state index contributed by atoms with van der Waals surface area (Å²) in [6, 6.07) is 8.10. The maximum absolute atomic E-state index is 12.1. The van der Waals surface area contributed by atoms with Crippen molar-refractivity contribution in [1.29, 1.82) is 0 Å². The number of nitrogens with zero attached hydrogens (tertiary/aromatic N) is 1. The van der Waals surface area contributed by atoms with Gasteiger partial charge in [0.05, 0.1) is 17.1 Å². The standard InChI is InChI=1S/C15H22F3N3O2S.HI/c1-2-19-14(21-11-9-15(16,17)18)20-10-6-12-24(22,23)13-7-4-3-5-8-13;/h3-5,7-8H,2,6,9-12H2,1H3,(H2,19,20,21);1H. The first kappa shape index (κ1) is 24.0. The number of hydrogen-bond acceptors (Lipinski definition) is 3. The molecule has 0 bridgehead atoms. The molecular formula is C15H23F3IN3O2S. The molecule has 0 fully saturated rings. The van der Waals surface area contributed by atoms with Crippen LogP contribution in [0.4, 0.5) is 13.2 Å². The van der Waals surface area contributed by atoms with Crippen LogP contribution in [0.3, 0.4) is 0 Å². The highest BCUT2D eigenvalue weighted by atomic mass is 127. The van der Waals surface area contributed by atoms with Gasteiger partial charge in [-0.3, -0.25) is 4.99 Å². The molecule has 0 atom stereocenters. The van der Waals surface area contributed by atoms with Gasteiger partial charge in [0.2, 0.25) is 0 Å². The first-order valence-corrected chi connectivity index (χ1v) is 9.26. The fourth-order valence-electron chi connectivity index (χ4n) is 1.86. The number of rotatable bonds is 8. The predicted octanol–water partition coefficient (Wildman–Crippen LogP) is 2.98. The minimum atomic E-state index is -4.23. The monoisotopic (exact) mass is 493 g/mol. The normalized spacial score (nSPS) is 12.4. The molecule has 0 aromatic heterocycles. The summed E-state index contributed by atoms with van der Waals surface area (Å²) in [5.74, 6) is 0.182. The zero-order chi connectivity index (χ0) is 18.1. The van der Waals surface area contributed by atoms with E-state index in [9.17, 15) is 21.6 Å². The Hall–Kier alpha value is -1.04. The van der Waals surface area contributed by atoms with Crippen LogP contribution in [0.15, 0.2) is 40.2 Å². The number of aliphatic imine (C=N–C) groups is 1. The quantitative estimate of drug-likeness (QED) is 0.253. The van der Waals surface area contributed by atoms with E-state index in [-0.39, 0.29) is 60.1 Å². The highest BCUT2D eigenvalue weighted by molar-refractivity contribution is 14.0. The molecule has 0 heterocycles. The zero-order valence-corrected chi connectivity index (χ0v) is 17.0. The van der Waals surface area contributed by atoms with Crippen LogP contribution in [0, 0.1) is 0 Å². The van der Waals surface area contributed by atoms with E-state index >= 15 is 0 Å². The van der Waals surface area contributed by atoms with Gasteiger partial charge in [0, 0.05) is 19.6 Å². The lowest BCUT2D eigenvalue weighted by atomic mass is 10.4. The Morgan fingerprint density at radius 3 is 2.36 bits per heavy atom. The molecule has 0 aliphatic heterocycles. The number of sulfone groups is 1. The molecule has 10 heteroatoms. The van der Waals surface area contributed by atoms with Gasteiger partial charge in [-0.15, -0.1) is 24.0 Å². The van der Waals surface area contributed by atoms with Crippen molar-refractivity contribution in [2.45, 2.75) is 30.8 Å². The van der Waals surface area contributed by atoms with Crippen molar-refractivity contribution in [1.82, 2.24) is 10.6 Å². The summed E-state index contributed by atoms with van der Waals surface area (Å²) in [5, 5.41) is 5.40. The average molecular weight is 493 g/mol. The Balaban J connectivity index is 0.00000576. The third kappa shape index (κ3) is 10.5. The third-order valence-corrected chi connectivity index (χ3v) is 4.81. The van der Waals surface area contributed by atoms with Crippen molar-refractivity contribution >= 4 is 39.8 Å². The van der Waals surface area contributed by atoms with Crippen molar-refractivity contribution in [2.24, 2.45) is 4.99 Å². The minimum absolute atomic E-state index is 0. The third-order valence-electron chi connectivity index (χ3n) is 2.99. The Bertz CT molecular complexity index is 623. The van der Waals surface area contributed by atoms with Crippen LogP contribution >= 0.6 is 24.0 Å². The van der Waals surface area contributed by atoms with Crippen LogP contribution in [-0.2, 0) is 9.84 Å². The second-order valence-electron chi connectivity index (χ2n) is 5.04. The average Bonchev–Trinajstić information content (AvgIpc) is 2.51. The Morgan fingerprint density at radius 2 is 1.80 bits per heavy atom. The molecule has 0 radical (unpaired) electrons. The first-order valence-electron chi connectivity index (χ1n) is 7.61. The zero-order valence-electron chi connectivity index (χ0n) is 13.8. The van der Waals surface area contributed by atoms with Crippen molar-refractivity contribution in [2.75, 3.05) is 25.4 Å². The van der Waals surface area contributed by atoms with E-state index in [0.29, 0.717) is 6.54 Å². The first-order chi connectivity index (χ1) is 11.2. The van der Waals surface area contributed by atoms with Crippen LogP contribution in [0.2, 0.25) is 0 Å². The predicted molar refractivity (Wildman–Crippen MR) is 103 cm³/mol. The van der Waals surface area contributed by atoms with Gasteiger partial charge in [0.1, 0.15) is 0 Å². The SMILES string of the molecule is CCNC(=NCCCS(=O)(=O)c1ccccc1)NCCC(F)(F)F.I. The van der Waals surface area contributed by atoms with Gasteiger partial charge in [0.15, 0.2) is 15.8 Å². The molecule has 0 aliphatic rings. The van der Waals surface area contributed by atoms with E-state index < -0.39 is 22.4 Å². The molecule has 5 nitrogen and oxygen atoms in total. The molecule has 1 aromatic rings. The molecule has 0 aliphatic carbocycles. The van der Waals surface area contributed by atoms with Crippen LogP contribution in [0.5, 0.6) is 0 Å². The molecule has 1 aromatic carbocycles. The van der Waals surface area contributed by atoms with E-state index in [2.05, 4.69) is 15.6 Å². The maximum Gasteiger partial charge on any atom is 0.390 e. The largest absolute Gasteiger partial charge is 0.390 e. The molecule has 0 saturated carbocycles. The molecule has 144 valence electrons.